The molecule has 2 atom stereocenters. The van der Waals surface area contributed by atoms with Crippen molar-refractivity contribution in [1.29, 1.82) is 0 Å². The van der Waals surface area contributed by atoms with E-state index in [1.54, 1.807) is 20.8 Å². The molecule has 6 nitrogen and oxygen atoms in total. The second-order valence-corrected chi connectivity index (χ2v) is 4.92. The van der Waals surface area contributed by atoms with Crippen molar-refractivity contribution in [3.05, 3.63) is 0 Å². The van der Waals surface area contributed by atoms with Crippen LogP contribution in [0.25, 0.3) is 0 Å². The van der Waals surface area contributed by atoms with Gasteiger partial charge in [0.05, 0.1) is 6.42 Å². The van der Waals surface area contributed by atoms with Crippen molar-refractivity contribution >= 4 is 12.1 Å². The van der Waals surface area contributed by atoms with Gasteiger partial charge in [0.2, 0.25) is 0 Å². The zero-order chi connectivity index (χ0) is 13.6. The van der Waals surface area contributed by atoms with Crippen LogP contribution in [0.5, 0.6) is 0 Å². The van der Waals surface area contributed by atoms with Crippen LogP contribution in [0, 0.1) is 0 Å². The summed E-state index contributed by atoms with van der Waals surface area (Å²) in [7, 11) is 0. The molecule has 0 aromatic carbocycles. The number of hydrogen-bond acceptors (Lipinski definition) is 4. The summed E-state index contributed by atoms with van der Waals surface area (Å²) in [5, 5.41) is 11.2. The van der Waals surface area contributed by atoms with Gasteiger partial charge >= 0.3 is 12.1 Å². The fraction of sp³-hybridized carbons (Fsp3) is 0.818. The van der Waals surface area contributed by atoms with Crippen molar-refractivity contribution in [3.63, 3.8) is 0 Å². The van der Waals surface area contributed by atoms with Crippen molar-refractivity contribution in [2.24, 2.45) is 5.73 Å². The molecule has 6 heteroatoms. The van der Waals surface area contributed by atoms with E-state index >= 15 is 0 Å². The predicted octanol–water partition coefficient (Wildman–Crippen LogP) is 1.09. The second kappa shape index (κ2) is 6.44. The average molecular weight is 246 g/mol. The molecule has 0 fully saturated rings. The smallest absolute Gasteiger partial charge is 0.407 e. The summed E-state index contributed by atoms with van der Waals surface area (Å²) in [6.07, 6.45) is -0.215. The summed E-state index contributed by atoms with van der Waals surface area (Å²) in [5.74, 6) is -0.984. The number of hydrogen-bond donors (Lipinski definition) is 3. The molecule has 0 radical (unpaired) electrons. The zero-order valence-corrected chi connectivity index (χ0v) is 10.8. The molecule has 0 aromatic heterocycles. The van der Waals surface area contributed by atoms with Gasteiger partial charge < -0.3 is 20.9 Å². The van der Waals surface area contributed by atoms with Gasteiger partial charge in [-0.05, 0) is 27.2 Å². The molecular formula is C11H22N2O4. The van der Waals surface area contributed by atoms with Crippen LogP contribution in [-0.2, 0) is 9.53 Å². The summed E-state index contributed by atoms with van der Waals surface area (Å²) in [6.45, 7) is 7.09. The van der Waals surface area contributed by atoms with Crippen molar-refractivity contribution in [1.82, 2.24) is 5.32 Å². The van der Waals surface area contributed by atoms with Gasteiger partial charge in [0.25, 0.3) is 0 Å². The van der Waals surface area contributed by atoms with Gasteiger partial charge in [0.1, 0.15) is 5.60 Å². The average Bonchev–Trinajstić information content (AvgIpc) is 2.09. The van der Waals surface area contributed by atoms with Crippen LogP contribution >= 0.6 is 0 Å². The van der Waals surface area contributed by atoms with Crippen LogP contribution in [0.15, 0.2) is 0 Å². The Bertz CT molecular complexity index is 273. The lowest BCUT2D eigenvalue weighted by Crippen LogP contribution is -2.49. The number of ether oxygens (including phenoxy) is 1. The van der Waals surface area contributed by atoms with E-state index in [9.17, 15) is 9.59 Å². The number of carbonyl (C=O) groups excluding carboxylic acids is 1. The number of amides is 1. The van der Waals surface area contributed by atoms with Crippen LogP contribution in [0.1, 0.15) is 40.5 Å². The molecule has 0 spiro atoms. The van der Waals surface area contributed by atoms with Gasteiger partial charge in [0, 0.05) is 12.1 Å². The summed E-state index contributed by atoms with van der Waals surface area (Å²) >= 11 is 0. The summed E-state index contributed by atoms with van der Waals surface area (Å²) in [6, 6.07) is -1.02. The van der Waals surface area contributed by atoms with Crippen LogP contribution in [0.4, 0.5) is 4.79 Å². The van der Waals surface area contributed by atoms with Crippen molar-refractivity contribution < 1.29 is 19.4 Å². The molecule has 0 heterocycles. The molecule has 0 aliphatic heterocycles. The molecule has 0 aliphatic rings. The second-order valence-electron chi connectivity index (χ2n) is 4.92. The fourth-order valence-electron chi connectivity index (χ4n) is 1.31. The number of nitrogens with one attached hydrogen (secondary N) is 1. The molecule has 17 heavy (non-hydrogen) atoms. The molecule has 4 N–H and O–H groups in total. The van der Waals surface area contributed by atoms with Gasteiger partial charge in [0.15, 0.2) is 0 Å². The van der Waals surface area contributed by atoms with E-state index in [1.165, 1.54) is 0 Å². The lowest BCUT2D eigenvalue weighted by Gasteiger charge is -2.25. The highest BCUT2D eigenvalue weighted by Crippen LogP contribution is 2.08. The molecule has 100 valence electrons. The highest BCUT2D eigenvalue weighted by molar-refractivity contribution is 5.69. The third kappa shape index (κ3) is 7.57. The molecule has 0 saturated heterocycles. The Hall–Kier alpha value is -1.30. The fourth-order valence-corrected chi connectivity index (χ4v) is 1.31. The number of rotatable bonds is 5. The molecule has 0 saturated carbocycles. The minimum atomic E-state index is -0.984. The number of carboxylic acids is 1. The Labute approximate surface area is 102 Å². The van der Waals surface area contributed by atoms with Crippen LogP contribution < -0.4 is 11.1 Å². The van der Waals surface area contributed by atoms with E-state index < -0.39 is 29.7 Å². The summed E-state index contributed by atoms with van der Waals surface area (Å²) in [4.78, 5) is 22.0. The van der Waals surface area contributed by atoms with Gasteiger partial charge in [-0.25, -0.2) is 4.79 Å². The monoisotopic (exact) mass is 246 g/mol. The number of alkyl carbamates (subject to hydrolysis) is 1. The number of aliphatic carboxylic acids is 1. The zero-order valence-electron chi connectivity index (χ0n) is 10.8. The molecule has 2 unspecified atom stereocenters. The third-order valence-electron chi connectivity index (χ3n) is 2.07. The first kappa shape index (κ1) is 15.7. The van der Waals surface area contributed by atoms with Gasteiger partial charge in [-0.1, -0.05) is 6.92 Å². The number of carbonyl (C=O) groups is 2. The molecular weight excluding hydrogens is 224 g/mol. The maximum absolute atomic E-state index is 11.5. The SMILES string of the molecule is CCC(NC(=O)OC(C)(C)C)C(N)CC(=O)O. The van der Waals surface area contributed by atoms with E-state index in [2.05, 4.69) is 5.32 Å². The Morgan fingerprint density at radius 1 is 1.41 bits per heavy atom. The van der Waals surface area contributed by atoms with Crippen molar-refractivity contribution in [2.75, 3.05) is 0 Å². The van der Waals surface area contributed by atoms with Crippen LogP contribution in [0.2, 0.25) is 0 Å². The quantitative estimate of drug-likeness (QED) is 0.674. The Morgan fingerprint density at radius 2 is 1.94 bits per heavy atom. The number of carboxylic acid groups (broad SMARTS) is 1. The minimum absolute atomic E-state index is 0.186. The van der Waals surface area contributed by atoms with Crippen LogP contribution in [0.3, 0.4) is 0 Å². The maximum atomic E-state index is 11.5. The van der Waals surface area contributed by atoms with Gasteiger partial charge in [-0.3, -0.25) is 4.79 Å². The number of nitrogens with two attached hydrogens (primary N) is 1. The Morgan fingerprint density at radius 3 is 2.29 bits per heavy atom. The molecule has 0 bridgehead atoms. The van der Waals surface area contributed by atoms with Gasteiger partial charge in [-0.2, -0.15) is 0 Å². The first-order valence-corrected chi connectivity index (χ1v) is 5.62. The van der Waals surface area contributed by atoms with Crippen LogP contribution in [-0.4, -0.2) is 34.9 Å². The lowest BCUT2D eigenvalue weighted by atomic mass is 10.0. The van der Waals surface area contributed by atoms with E-state index in [-0.39, 0.29) is 6.42 Å². The highest BCUT2D eigenvalue weighted by atomic mass is 16.6. The normalized spacial score (nSPS) is 14.9. The summed E-state index contributed by atoms with van der Waals surface area (Å²) in [5.41, 5.74) is 5.11. The first-order chi connectivity index (χ1) is 7.65. The predicted molar refractivity (Wildman–Crippen MR) is 63.7 cm³/mol. The highest BCUT2D eigenvalue weighted by Gasteiger charge is 2.23. The lowest BCUT2D eigenvalue weighted by molar-refractivity contribution is -0.137. The van der Waals surface area contributed by atoms with E-state index in [1.807, 2.05) is 6.92 Å². The van der Waals surface area contributed by atoms with Crippen molar-refractivity contribution in [3.8, 4) is 0 Å². The summed E-state index contributed by atoms with van der Waals surface area (Å²) < 4.78 is 5.07. The standard InChI is InChI=1S/C11H22N2O4/c1-5-8(7(12)6-9(14)15)13-10(16)17-11(2,3)4/h7-8H,5-6,12H2,1-4H3,(H,13,16)(H,14,15). The maximum Gasteiger partial charge on any atom is 0.407 e. The topological polar surface area (TPSA) is 102 Å². The van der Waals surface area contributed by atoms with E-state index in [0.717, 1.165) is 0 Å². The van der Waals surface area contributed by atoms with Crippen molar-refractivity contribution in [2.45, 2.75) is 58.2 Å². The largest absolute Gasteiger partial charge is 0.481 e. The third-order valence-corrected chi connectivity index (χ3v) is 2.07. The van der Waals surface area contributed by atoms with E-state index in [4.69, 9.17) is 15.6 Å². The van der Waals surface area contributed by atoms with Gasteiger partial charge in [-0.15, -0.1) is 0 Å². The first-order valence-electron chi connectivity index (χ1n) is 5.62. The van der Waals surface area contributed by atoms with E-state index in [0.29, 0.717) is 6.42 Å². The molecule has 0 aliphatic carbocycles. The molecule has 0 aromatic rings. The molecule has 0 rings (SSSR count). The minimum Gasteiger partial charge on any atom is -0.481 e. The molecule has 1 amide bonds. The Balaban J connectivity index is 4.30. The Kier molecular flexibility index (Phi) is 5.95.